The highest BCUT2D eigenvalue weighted by atomic mass is 32.2. The topological polar surface area (TPSA) is 130 Å². The van der Waals surface area contributed by atoms with Crippen LogP contribution in [0.3, 0.4) is 0 Å². The molecule has 0 N–H and O–H groups in total. The molecule has 2 heterocycles. The summed E-state index contributed by atoms with van der Waals surface area (Å²) in [5.74, 6) is -0.827. The van der Waals surface area contributed by atoms with Crippen molar-refractivity contribution < 1.29 is 14.5 Å². The number of nitro benzene ring substituents is 1. The molecule has 12 heteroatoms. The maximum atomic E-state index is 12.4. The van der Waals surface area contributed by atoms with Crippen molar-refractivity contribution in [1.29, 1.82) is 0 Å². The average molecular weight is 455 g/mol. The van der Waals surface area contributed by atoms with Crippen LogP contribution in [0.1, 0.15) is 16.1 Å². The van der Waals surface area contributed by atoms with Crippen LogP contribution in [0, 0.1) is 17.0 Å². The molecule has 31 heavy (non-hydrogen) atoms. The van der Waals surface area contributed by atoms with E-state index in [2.05, 4.69) is 15.3 Å². The lowest BCUT2D eigenvalue weighted by Gasteiger charge is -2.07. The lowest BCUT2D eigenvalue weighted by molar-refractivity contribution is -0.387. The van der Waals surface area contributed by atoms with Crippen molar-refractivity contribution in [1.82, 2.24) is 20.0 Å². The summed E-state index contributed by atoms with van der Waals surface area (Å²) in [7, 11) is 0. The summed E-state index contributed by atoms with van der Waals surface area (Å²) in [4.78, 5) is 40.4. The number of aromatic nitrogens is 4. The second-order valence-corrected chi connectivity index (χ2v) is 8.42. The standard InChI is InChI=1S/C19H13N5O5S2/c1-11-9-30-19(20-11)31-16-7-6-12(8-15(16)24(27)28)18(26)29-10-23-17(25)13-4-2-3-5-14(13)21-22-23/h2-9H,10H2,1H3. The number of esters is 1. The summed E-state index contributed by atoms with van der Waals surface area (Å²) in [6.45, 7) is 1.36. The van der Waals surface area contributed by atoms with Gasteiger partial charge in [-0.15, -0.1) is 16.4 Å². The Morgan fingerprint density at radius 3 is 2.84 bits per heavy atom. The smallest absolute Gasteiger partial charge is 0.340 e. The molecule has 0 amide bonds. The quantitative estimate of drug-likeness (QED) is 0.244. The van der Waals surface area contributed by atoms with Gasteiger partial charge in [-0.3, -0.25) is 14.9 Å². The van der Waals surface area contributed by atoms with E-state index in [1.165, 1.54) is 23.5 Å². The molecule has 0 bridgehead atoms. The monoisotopic (exact) mass is 455 g/mol. The number of nitrogens with zero attached hydrogens (tertiary/aromatic N) is 5. The maximum Gasteiger partial charge on any atom is 0.340 e. The molecule has 0 radical (unpaired) electrons. The van der Waals surface area contributed by atoms with Gasteiger partial charge >= 0.3 is 5.97 Å². The fourth-order valence-electron chi connectivity index (χ4n) is 2.66. The van der Waals surface area contributed by atoms with Crippen LogP contribution in [0.5, 0.6) is 0 Å². The second kappa shape index (κ2) is 8.62. The molecule has 10 nitrogen and oxygen atoms in total. The van der Waals surface area contributed by atoms with Gasteiger partial charge in [-0.05, 0) is 31.2 Å². The van der Waals surface area contributed by atoms with Gasteiger partial charge in [0.15, 0.2) is 11.1 Å². The maximum absolute atomic E-state index is 12.4. The number of ether oxygens (including phenoxy) is 1. The lowest BCUT2D eigenvalue weighted by atomic mass is 10.2. The van der Waals surface area contributed by atoms with E-state index in [9.17, 15) is 19.7 Å². The van der Waals surface area contributed by atoms with Crippen molar-refractivity contribution >= 4 is 45.7 Å². The van der Waals surface area contributed by atoms with Gasteiger partial charge in [0, 0.05) is 17.1 Å². The van der Waals surface area contributed by atoms with Gasteiger partial charge in [-0.2, -0.15) is 4.68 Å². The number of hydrogen-bond donors (Lipinski definition) is 0. The van der Waals surface area contributed by atoms with Crippen LogP contribution in [0.4, 0.5) is 5.69 Å². The average Bonchev–Trinajstić information content (AvgIpc) is 3.18. The first-order valence-corrected chi connectivity index (χ1v) is 10.5. The molecule has 4 aromatic rings. The number of aryl methyl sites for hydroxylation is 1. The molecule has 0 aliphatic rings. The Morgan fingerprint density at radius 1 is 1.29 bits per heavy atom. The highest BCUT2D eigenvalue weighted by Gasteiger charge is 2.20. The van der Waals surface area contributed by atoms with E-state index >= 15 is 0 Å². The number of rotatable bonds is 6. The van der Waals surface area contributed by atoms with E-state index < -0.39 is 23.2 Å². The Kier molecular flexibility index (Phi) is 5.73. The van der Waals surface area contributed by atoms with Crippen LogP contribution in [-0.2, 0) is 11.5 Å². The van der Waals surface area contributed by atoms with Crippen molar-refractivity contribution in [2.45, 2.75) is 22.9 Å². The number of carbonyl (C=O) groups is 1. The van der Waals surface area contributed by atoms with Gasteiger partial charge in [0.25, 0.3) is 11.2 Å². The van der Waals surface area contributed by atoms with Crippen molar-refractivity contribution in [3.8, 4) is 0 Å². The molecule has 0 unspecified atom stereocenters. The van der Waals surface area contributed by atoms with Crippen molar-refractivity contribution in [3.05, 3.63) is 79.6 Å². The van der Waals surface area contributed by atoms with Gasteiger partial charge in [0.1, 0.15) is 5.52 Å². The number of nitro groups is 1. The van der Waals surface area contributed by atoms with Crippen LogP contribution >= 0.6 is 23.1 Å². The summed E-state index contributed by atoms with van der Waals surface area (Å²) in [5.41, 5.74) is 0.523. The number of fused-ring (bicyclic) bond motifs is 1. The Morgan fingerprint density at radius 2 is 2.10 bits per heavy atom. The van der Waals surface area contributed by atoms with Crippen molar-refractivity contribution in [3.63, 3.8) is 0 Å². The third kappa shape index (κ3) is 4.44. The number of hydrogen-bond acceptors (Lipinski definition) is 10. The molecule has 0 saturated carbocycles. The highest BCUT2D eigenvalue weighted by Crippen LogP contribution is 2.36. The molecule has 0 fully saturated rings. The van der Waals surface area contributed by atoms with Gasteiger partial charge in [-0.1, -0.05) is 29.1 Å². The van der Waals surface area contributed by atoms with Crippen LogP contribution < -0.4 is 5.56 Å². The van der Waals surface area contributed by atoms with E-state index in [0.29, 0.717) is 20.1 Å². The first kappa shape index (κ1) is 20.6. The van der Waals surface area contributed by atoms with Crippen LogP contribution in [0.15, 0.2) is 61.9 Å². The van der Waals surface area contributed by atoms with E-state index in [-0.39, 0.29) is 11.3 Å². The molecule has 156 valence electrons. The summed E-state index contributed by atoms with van der Waals surface area (Å²) in [6, 6.07) is 10.7. The van der Waals surface area contributed by atoms with Crippen LogP contribution in [0.2, 0.25) is 0 Å². The van der Waals surface area contributed by atoms with E-state index in [0.717, 1.165) is 28.2 Å². The fourth-order valence-corrected chi connectivity index (χ4v) is 4.54. The predicted molar refractivity (Wildman–Crippen MR) is 113 cm³/mol. The number of carbonyl (C=O) groups excluding carboxylic acids is 1. The largest absolute Gasteiger partial charge is 0.439 e. The normalized spacial score (nSPS) is 10.9. The van der Waals surface area contributed by atoms with Crippen molar-refractivity contribution in [2.24, 2.45) is 0 Å². The zero-order valence-electron chi connectivity index (χ0n) is 15.9. The minimum Gasteiger partial charge on any atom is -0.439 e. The first-order valence-electron chi connectivity index (χ1n) is 8.80. The molecule has 2 aromatic carbocycles. The molecule has 0 aliphatic heterocycles. The highest BCUT2D eigenvalue weighted by molar-refractivity contribution is 8.01. The SMILES string of the molecule is Cc1csc(Sc2ccc(C(=O)OCn3nnc4ccccc4c3=O)cc2[N+](=O)[O-])n1. The number of thiazole rings is 1. The van der Waals surface area contributed by atoms with E-state index in [1.54, 1.807) is 24.3 Å². The lowest BCUT2D eigenvalue weighted by Crippen LogP contribution is -2.26. The molecule has 0 saturated heterocycles. The van der Waals surface area contributed by atoms with Crippen molar-refractivity contribution in [2.75, 3.05) is 0 Å². The van der Waals surface area contributed by atoms with Gasteiger partial charge in [0.05, 0.1) is 20.8 Å². The Labute approximate surface area is 182 Å². The fraction of sp³-hybridized carbons (Fsp3) is 0.105. The zero-order valence-corrected chi connectivity index (χ0v) is 17.6. The Bertz CT molecular complexity index is 1370. The van der Waals surface area contributed by atoms with Gasteiger partial charge < -0.3 is 4.74 Å². The second-order valence-electron chi connectivity index (χ2n) is 6.27. The molecule has 4 rings (SSSR count). The minimum absolute atomic E-state index is 0.0202. The van der Waals surface area contributed by atoms with Gasteiger partial charge in [0.2, 0.25) is 0 Å². The summed E-state index contributed by atoms with van der Waals surface area (Å²) < 4.78 is 6.69. The molecular formula is C19H13N5O5S2. The third-order valence-corrected chi connectivity index (χ3v) is 6.26. The summed E-state index contributed by atoms with van der Waals surface area (Å²) in [6.07, 6.45) is 0. The van der Waals surface area contributed by atoms with Crippen LogP contribution in [-0.4, -0.2) is 30.9 Å². The molecule has 2 aromatic heterocycles. The zero-order chi connectivity index (χ0) is 22.0. The molecule has 0 atom stereocenters. The summed E-state index contributed by atoms with van der Waals surface area (Å²) in [5, 5.41) is 21.3. The number of benzene rings is 2. The first-order chi connectivity index (χ1) is 14.9. The van der Waals surface area contributed by atoms with E-state index in [4.69, 9.17) is 4.74 Å². The van der Waals surface area contributed by atoms with E-state index in [1.807, 2.05) is 12.3 Å². The minimum atomic E-state index is -0.827. The predicted octanol–water partition coefficient (Wildman–Crippen LogP) is 3.43. The molecular weight excluding hydrogens is 442 g/mol. The Balaban J connectivity index is 1.53. The molecule has 0 aliphatic carbocycles. The van der Waals surface area contributed by atoms with Crippen LogP contribution in [0.25, 0.3) is 10.9 Å². The third-order valence-electron chi connectivity index (χ3n) is 4.13. The summed E-state index contributed by atoms with van der Waals surface area (Å²) >= 11 is 2.52. The Hall–Kier alpha value is -3.64. The molecule has 0 spiro atoms. The van der Waals surface area contributed by atoms with Gasteiger partial charge in [-0.25, -0.2) is 9.78 Å².